The van der Waals surface area contributed by atoms with Crippen molar-refractivity contribution in [3.63, 3.8) is 0 Å². The average molecular weight is 419 g/mol. The van der Waals surface area contributed by atoms with Crippen molar-refractivity contribution in [2.75, 3.05) is 20.2 Å². The van der Waals surface area contributed by atoms with Gasteiger partial charge in [0, 0.05) is 25.9 Å². The van der Waals surface area contributed by atoms with Crippen LogP contribution in [-0.4, -0.2) is 44.3 Å². The van der Waals surface area contributed by atoms with E-state index in [4.69, 9.17) is 9.47 Å². The highest BCUT2D eigenvalue weighted by molar-refractivity contribution is 7.88. The summed E-state index contributed by atoms with van der Waals surface area (Å²) in [5.74, 6) is 0.516. The lowest BCUT2D eigenvalue weighted by atomic mass is 9.83. The minimum atomic E-state index is -3.53. The zero-order chi connectivity index (χ0) is 20.6. The normalized spacial score (nSPS) is 18.9. The van der Waals surface area contributed by atoms with Crippen molar-refractivity contribution < 1.29 is 27.1 Å². The summed E-state index contributed by atoms with van der Waals surface area (Å²) in [6.07, 6.45) is 1.10. The van der Waals surface area contributed by atoms with Gasteiger partial charge >= 0.3 is 0 Å². The first kappa shape index (κ1) is 19.8. The Morgan fingerprint density at radius 3 is 2.48 bits per heavy atom. The Balaban J connectivity index is 1.46. The third-order valence-electron chi connectivity index (χ3n) is 5.59. The van der Waals surface area contributed by atoms with Crippen LogP contribution in [-0.2, 0) is 15.8 Å². The lowest BCUT2D eigenvalue weighted by Gasteiger charge is -2.43. The van der Waals surface area contributed by atoms with Crippen molar-refractivity contribution in [2.45, 2.75) is 30.6 Å². The number of benzene rings is 2. The number of nitrogens with zero attached hydrogens (tertiary/aromatic N) is 1. The van der Waals surface area contributed by atoms with Crippen LogP contribution in [0.5, 0.6) is 11.5 Å². The Morgan fingerprint density at radius 2 is 1.83 bits per heavy atom. The number of Topliss-reactive ketones (excluding diaryl/α,β-unsaturated/α-hetero) is 1. The van der Waals surface area contributed by atoms with Crippen LogP contribution in [0.3, 0.4) is 0 Å². The molecule has 2 heterocycles. The number of halogens is 1. The van der Waals surface area contributed by atoms with Gasteiger partial charge in [-0.1, -0.05) is 12.1 Å². The number of sulfonamides is 1. The maximum Gasteiger partial charge on any atom is 0.218 e. The Labute approximate surface area is 169 Å². The minimum absolute atomic E-state index is 0.0206. The van der Waals surface area contributed by atoms with E-state index in [0.29, 0.717) is 35.5 Å². The van der Waals surface area contributed by atoms with E-state index in [1.54, 1.807) is 25.3 Å². The largest absolute Gasteiger partial charge is 0.497 e. The number of carbonyl (C=O) groups excluding carboxylic acids is 1. The minimum Gasteiger partial charge on any atom is -0.497 e. The van der Waals surface area contributed by atoms with Crippen LogP contribution in [0.4, 0.5) is 4.39 Å². The van der Waals surface area contributed by atoms with E-state index in [0.717, 1.165) is 0 Å². The molecular weight excluding hydrogens is 397 g/mol. The van der Waals surface area contributed by atoms with Crippen LogP contribution >= 0.6 is 0 Å². The fraction of sp³-hybridized carbons (Fsp3) is 0.381. The number of carbonyl (C=O) groups is 1. The molecule has 0 aliphatic carbocycles. The molecule has 0 atom stereocenters. The predicted octanol–water partition coefficient (Wildman–Crippen LogP) is 3.16. The fourth-order valence-corrected chi connectivity index (χ4v) is 5.47. The number of ether oxygens (including phenoxy) is 2. The van der Waals surface area contributed by atoms with Crippen LogP contribution in [0.25, 0.3) is 0 Å². The first-order valence-corrected chi connectivity index (χ1v) is 11.0. The topological polar surface area (TPSA) is 72.9 Å². The molecule has 1 fully saturated rings. The van der Waals surface area contributed by atoms with Gasteiger partial charge < -0.3 is 9.47 Å². The van der Waals surface area contributed by atoms with Gasteiger partial charge in [0.05, 0.1) is 24.8 Å². The molecule has 8 heteroatoms. The number of hydrogen-bond donors (Lipinski definition) is 0. The molecule has 0 saturated carbocycles. The Hall–Kier alpha value is -2.45. The summed E-state index contributed by atoms with van der Waals surface area (Å²) in [6, 6.07) is 10.6. The summed E-state index contributed by atoms with van der Waals surface area (Å²) in [6.45, 7) is 0.560. The van der Waals surface area contributed by atoms with Crippen LogP contribution in [0, 0.1) is 5.82 Å². The van der Waals surface area contributed by atoms with E-state index in [-0.39, 0.29) is 31.0 Å². The molecule has 0 N–H and O–H groups in total. The zero-order valence-corrected chi connectivity index (χ0v) is 16.9. The summed E-state index contributed by atoms with van der Waals surface area (Å²) in [5.41, 5.74) is 0.362. The van der Waals surface area contributed by atoms with Gasteiger partial charge in [0.15, 0.2) is 5.78 Å². The van der Waals surface area contributed by atoms with E-state index < -0.39 is 21.4 Å². The Bertz CT molecular complexity index is 1030. The van der Waals surface area contributed by atoms with Gasteiger partial charge in [0.2, 0.25) is 10.0 Å². The van der Waals surface area contributed by atoms with Crippen molar-refractivity contribution in [3.05, 3.63) is 59.4 Å². The quantitative estimate of drug-likeness (QED) is 0.761. The number of methoxy groups -OCH3 is 1. The van der Waals surface area contributed by atoms with Gasteiger partial charge in [0.1, 0.15) is 22.9 Å². The van der Waals surface area contributed by atoms with Crippen molar-refractivity contribution in [2.24, 2.45) is 0 Å². The SMILES string of the molecule is COc1ccc2c(c1)C(=O)CC1(CCN(S(=O)(=O)Cc3ccc(F)cc3)CC1)O2. The molecule has 2 aliphatic heterocycles. The molecule has 0 bridgehead atoms. The molecule has 2 aromatic rings. The monoisotopic (exact) mass is 419 g/mol. The maximum absolute atomic E-state index is 13.0. The number of piperidine rings is 1. The molecule has 2 aromatic carbocycles. The van der Waals surface area contributed by atoms with Crippen LogP contribution < -0.4 is 9.47 Å². The van der Waals surface area contributed by atoms with Crippen LogP contribution in [0.2, 0.25) is 0 Å². The van der Waals surface area contributed by atoms with Crippen molar-refractivity contribution in [3.8, 4) is 11.5 Å². The molecule has 154 valence electrons. The van der Waals surface area contributed by atoms with Gasteiger partial charge in [-0.25, -0.2) is 17.1 Å². The Kier molecular flexibility index (Phi) is 5.08. The summed E-state index contributed by atoms with van der Waals surface area (Å²) in [5, 5.41) is 0. The summed E-state index contributed by atoms with van der Waals surface area (Å²) >= 11 is 0. The molecule has 6 nitrogen and oxygen atoms in total. The zero-order valence-electron chi connectivity index (χ0n) is 16.1. The van der Waals surface area contributed by atoms with Gasteiger partial charge in [-0.15, -0.1) is 0 Å². The standard InChI is InChI=1S/C21H22FNO5S/c1-27-17-6-7-20-18(12-17)19(24)13-21(28-20)8-10-23(11-9-21)29(25,26)14-15-2-4-16(22)5-3-15/h2-7,12H,8-11,13-14H2,1H3. The number of rotatable bonds is 4. The van der Waals surface area contributed by atoms with Gasteiger partial charge in [-0.3, -0.25) is 4.79 Å². The molecule has 29 heavy (non-hydrogen) atoms. The second-order valence-corrected chi connectivity index (χ2v) is 9.50. The van der Waals surface area contributed by atoms with E-state index >= 15 is 0 Å². The maximum atomic E-state index is 13.0. The van der Waals surface area contributed by atoms with Crippen molar-refractivity contribution >= 4 is 15.8 Å². The highest BCUT2D eigenvalue weighted by atomic mass is 32.2. The van der Waals surface area contributed by atoms with E-state index in [2.05, 4.69) is 0 Å². The van der Waals surface area contributed by atoms with Gasteiger partial charge in [-0.05, 0) is 35.9 Å². The predicted molar refractivity (Wildman–Crippen MR) is 105 cm³/mol. The first-order chi connectivity index (χ1) is 13.8. The molecule has 1 saturated heterocycles. The molecule has 0 amide bonds. The fourth-order valence-electron chi connectivity index (χ4n) is 3.93. The Morgan fingerprint density at radius 1 is 1.14 bits per heavy atom. The van der Waals surface area contributed by atoms with E-state index in [1.807, 2.05) is 0 Å². The first-order valence-electron chi connectivity index (χ1n) is 9.43. The summed E-state index contributed by atoms with van der Waals surface area (Å²) in [7, 11) is -1.99. The average Bonchev–Trinajstić information content (AvgIpc) is 2.70. The van der Waals surface area contributed by atoms with E-state index in [9.17, 15) is 17.6 Å². The molecule has 1 spiro atoms. The van der Waals surface area contributed by atoms with Crippen LogP contribution in [0.15, 0.2) is 42.5 Å². The third kappa shape index (κ3) is 4.00. The molecular formula is C21H22FNO5S. The number of fused-ring (bicyclic) bond motifs is 1. The van der Waals surface area contributed by atoms with Crippen molar-refractivity contribution in [1.29, 1.82) is 0 Å². The highest BCUT2D eigenvalue weighted by Crippen LogP contribution is 2.41. The molecule has 0 aromatic heterocycles. The smallest absolute Gasteiger partial charge is 0.218 e. The summed E-state index contributed by atoms with van der Waals surface area (Å²) < 4.78 is 51.3. The second kappa shape index (κ2) is 7.42. The molecule has 0 unspecified atom stereocenters. The highest BCUT2D eigenvalue weighted by Gasteiger charge is 2.44. The van der Waals surface area contributed by atoms with Crippen LogP contribution in [0.1, 0.15) is 35.2 Å². The van der Waals surface area contributed by atoms with Crippen molar-refractivity contribution in [1.82, 2.24) is 4.31 Å². The van der Waals surface area contributed by atoms with Gasteiger partial charge in [-0.2, -0.15) is 0 Å². The molecule has 2 aliphatic rings. The number of hydrogen-bond acceptors (Lipinski definition) is 5. The third-order valence-corrected chi connectivity index (χ3v) is 7.44. The second-order valence-electron chi connectivity index (χ2n) is 7.53. The van der Waals surface area contributed by atoms with Gasteiger partial charge in [0.25, 0.3) is 0 Å². The molecule has 0 radical (unpaired) electrons. The lowest BCUT2D eigenvalue weighted by Crippen LogP contribution is -2.52. The summed E-state index contributed by atoms with van der Waals surface area (Å²) in [4.78, 5) is 12.7. The van der Waals surface area contributed by atoms with E-state index in [1.165, 1.54) is 28.6 Å². The lowest BCUT2D eigenvalue weighted by molar-refractivity contribution is 0.00582. The molecule has 4 rings (SSSR count). The number of ketones is 1.